The first-order chi connectivity index (χ1) is 9.29. The van der Waals surface area contributed by atoms with Crippen molar-refractivity contribution in [1.29, 1.82) is 0 Å². The Labute approximate surface area is 114 Å². The van der Waals surface area contributed by atoms with E-state index in [1.54, 1.807) is 0 Å². The number of aromatic nitrogens is 2. The molecule has 4 nitrogen and oxygen atoms in total. The van der Waals surface area contributed by atoms with Crippen LogP contribution >= 0.6 is 0 Å². The summed E-state index contributed by atoms with van der Waals surface area (Å²) < 4.78 is 6.84. The average Bonchev–Trinajstić information content (AvgIpc) is 3.21. The van der Waals surface area contributed by atoms with Gasteiger partial charge < -0.3 is 4.74 Å². The molecule has 0 saturated heterocycles. The van der Waals surface area contributed by atoms with E-state index in [1.807, 2.05) is 10.9 Å². The van der Waals surface area contributed by atoms with Crippen molar-refractivity contribution >= 4 is 5.97 Å². The molecule has 0 amide bonds. The average molecular weight is 262 g/mol. The van der Waals surface area contributed by atoms with Crippen LogP contribution in [0.15, 0.2) is 6.20 Å². The Bertz CT molecular complexity index is 457. The van der Waals surface area contributed by atoms with E-state index < -0.39 is 0 Å². The molecule has 1 heterocycles. The Balaban J connectivity index is 1.81. The Morgan fingerprint density at radius 1 is 1.32 bits per heavy atom. The zero-order valence-corrected chi connectivity index (χ0v) is 11.6. The maximum Gasteiger partial charge on any atom is 0.356 e. The first-order valence-electron chi connectivity index (χ1n) is 7.43. The van der Waals surface area contributed by atoms with Crippen LogP contribution in [0.25, 0.3) is 0 Å². The molecule has 3 rings (SSSR count). The Kier molecular flexibility index (Phi) is 3.58. The monoisotopic (exact) mass is 262 g/mol. The minimum Gasteiger partial charge on any atom is -0.464 e. The molecule has 1 aromatic heterocycles. The molecule has 0 unspecified atom stereocenters. The third-order valence-corrected chi connectivity index (χ3v) is 4.42. The van der Waals surface area contributed by atoms with Gasteiger partial charge in [-0.1, -0.05) is 19.3 Å². The van der Waals surface area contributed by atoms with E-state index in [1.165, 1.54) is 52.1 Å². The van der Waals surface area contributed by atoms with Gasteiger partial charge in [-0.15, -0.1) is 0 Å². The van der Waals surface area contributed by atoms with Crippen LogP contribution < -0.4 is 0 Å². The molecule has 0 spiro atoms. The number of carbonyl (C=O) groups excluding carboxylic acids is 1. The van der Waals surface area contributed by atoms with E-state index in [-0.39, 0.29) is 5.97 Å². The topological polar surface area (TPSA) is 44.1 Å². The van der Waals surface area contributed by atoms with Gasteiger partial charge in [0.25, 0.3) is 0 Å². The van der Waals surface area contributed by atoms with E-state index in [2.05, 4.69) is 5.10 Å². The normalized spacial score (nSPS) is 20.5. The van der Waals surface area contributed by atoms with Crippen LogP contribution in [-0.2, 0) is 11.3 Å². The van der Waals surface area contributed by atoms with Crippen molar-refractivity contribution < 1.29 is 9.53 Å². The van der Waals surface area contributed by atoms with Crippen molar-refractivity contribution in [2.24, 2.45) is 5.92 Å². The van der Waals surface area contributed by atoms with Gasteiger partial charge >= 0.3 is 5.97 Å². The standard InChI is InChI=1S/C15H22N2O2/c1-19-15(18)14-13(12-7-8-12)9-16-17(14)10-11-5-3-2-4-6-11/h9,11-12H,2-8,10H2,1H3. The molecule has 0 aromatic carbocycles. The van der Waals surface area contributed by atoms with Gasteiger partial charge in [-0.05, 0) is 37.5 Å². The van der Waals surface area contributed by atoms with E-state index in [0.717, 1.165) is 12.1 Å². The van der Waals surface area contributed by atoms with Crippen molar-refractivity contribution in [3.05, 3.63) is 17.5 Å². The largest absolute Gasteiger partial charge is 0.464 e. The van der Waals surface area contributed by atoms with Crippen molar-refractivity contribution in [3.8, 4) is 0 Å². The van der Waals surface area contributed by atoms with Crippen LogP contribution in [0.3, 0.4) is 0 Å². The molecule has 19 heavy (non-hydrogen) atoms. The summed E-state index contributed by atoms with van der Waals surface area (Å²) in [6, 6.07) is 0. The highest BCUT2D eigenvalue weighted by Gasteiger charge is 2.32. The van der Waals surface area contributed by atoms with E-state index in [9.17, 15) is 4.79 Å². The van der Waals surface area contributed by atoms with Gasteiger partial charge in [0.2, 0.25) is 0 Å². The Morgan fingerprint density at radius 3 is 2.68 bits per heavy atom. The summed E-state index contributed by atoms with van der Waals surface area (Å²) in [5.41, 5.74) is 1.80. The SMILES string of the molecule is COC(=O)c1c(C2CC2)cnn1CC1CCCCC1. The molecule has 0 bridgehead atoms. The van der Waals surface area contributed by atoms with E-state index in [0.29, 0.717) is 17.5 Å². The second-order valence-electron chi connectivity index (χ2n) is 5.90. The minimum absolute atomic E-state index is 0.227. The number of esters is 1. The zero-order chi connectivity index (χ0) is 13.2. The lowest BCUT2D eigenvalue weighted by Gasteiger charge is -2.22. The van der Waals surface area contributed by atoms with Gasteiger partial charge in [0.15, 0.2) is 0 Å². The lowest BCUT2D eigenvalue weighted by atomic mass is 9.89. The predicted molar refractivity (Wildman–Crippen MR) is 72.1 cm³/mol. The summed E-state index contributed by atoms with van der Waals surface area (Å²) in [4.78, 5) is 12.0. The highest BCUT2D eigenvalue weighted by molar-refractivity contribution is 5.89. The first-order valence-corrected chi connectivity index (χ1v) is 7.43. The molecule has 1 aromatic rings. The number of hydrogen-bond acceptors (Lipinski definition) is 3. The van der Waals surface area contributed by atoms with Crippen LogP contribution in [-0.4, -0.2) is 22.9 Å². The maximum atomic E-state index is 12.0. The molecule has 0 atom stereocenters. The fourth-order valence-electron chi connectivity index (χ4n) is 3.17. The summed E-state index contributed by atoms with van der Waals surface area (Å²) in [7, 11) is 1.46. The van der Waals surface area contributed by atoms with E-state index in [4.69, 9.17) is 4.74 Å². The highest BCUT2D eigenvalue weighted by Crippen LogP contribution is 2.42. The van der Waals surface area contributed by atoms with Crippen LogP contribution in [0.5, 0.6) is 0 Å². The molecule has 2 aliphatic carbocycles. The summed E-state index contributed by atoms with van der Waals surface area (Å²) >= 11 is 0. The van der Waals surface area contributed by atoms with Crippen LogP contribution in [0.1, 0.15) is 66.9 Å². The van der Waals surface area contributed by atoms with Crippen LogP contribution in [0.4, 0.5) is 0 Å². The first kappa shape index (κ1) is 12.7. The van der Waals surface area contributed by atoms with Crippen molar-refractivity contribution in [2.75, 3.05) is 7.11 Å². The third-order valence-electron chi connectivity index (χ3n) is 4.42. The molecule has 2 fully saturated rings. The van der Waals surface area contributed by atoms with Gasteiger partial charge in [-0.2, -0.15) is 5.10 Å². The number of methoxy groups -OCH3 is 1. The lowest BCUT2D eigenvalue weighted by Crippen LogP contribution is -2.20. The maximum absolute atomic E-state index is 12.0. The van der Waals surface area contributed by atoms with Crippen molar-refractivity contribution in [2.45, 2.75) is 57.4 Å². The smallest absolute Gasteiger partial charge is 0.356 e. The van der Waals surface area contributed by atoms with Crippen LogP contribution in [0, 0.1) is 5.92 Å². The second kappa shape index (κ2) is 5.35. The number of carbonyl (C=O) groups is 1. The fourth-order valence-corrected chi connectivity index (χ4v) is 3.17. The Hall–Kier alpha value is -1.32. The highest BCUT2D eigenvalue weighted by atomic mass is 16.5. The predicted octanol–water partition coefficient (Wildman–Crippen LogP) is 3.13. The number of ether oxygens (including phenoxy) is 1. The van der Waals surface area contributed by atoms with Gasteiger partial charge in [-0.25, -0.2) is 4.79 Å². The summed E-state index contributed by atoms with van der Waals surface area (Å²) in [5.74, 6) is 0.980. The Morgan fingerprint density at radius 2 is 2.05 bits per heavy atom. The molecular weight excluding hydrogens is 240 g/mol. The molecule has 0 radical (unpaired) electrons. The van der Waals surface area contributed by atoms with Crippen molar-refractivity contribution in [3.63, 3.8) is 0 Å². The van der Waals surface area contributed by atoms with Crippen molar-refractivity contribution in [1.82, 2.24) is 9.78 Å². The zero-order valence-electron chi connectivity index (χ0n) is 11.6. The second-order valence-corrected chi connectivity index (χ2v) is 5.90. The number of rotatable bonds is 4. The molecule has 2 saturated carbocycles. The molecule has 4 heteroatoms. The quantitative estimate of drug-likeness (QED) is 0.783. The number of nitrogens with zero attached hydrogens (tertiary/aromatic N) is 2. The van der Waals surface area contributed by atoms with Crippen LogP contribution in [0.2, 0.25) is 0 Å². The van der Waals surface area contributed by atoms with E-state index >= 15 is 0 Å². The molecular formula is C15H22N2O2. The molecule has 2 aliphatic rings. The summed E-state index contributed by atoms with van der Waals surface area (Å²) in [6.07, 6.45) is 10.8. The van der Waals surface area contributed by atoms with Gasteiger partial charge in [-0.3, -0.25) is 4.68 Å². The number of hydrogen-bond donors (Lipinski definition) is 0. The summed E-state index contributed by atoms with van der Waals surface area (Å²) in [5, 5.41) is 4.46. The molecule has 0 aliphatic heterocycles. The van der Waals surface area contributed by atoms with Gasteiger partial charge in [0.05, 0.1) is 13.3 Å². The minimum atomic E-state index is -0.227. The molecule has 104 valence electrons. The molecule has 0 N–H and O–H groups in total. The van der Waals surface area contributed by atoms with Gasteiger partial charge in [0, 0.05) is 12.1 Å². The lowest BCUT2D eigenvalue weighted by molar-refractivity contribution is 0.0583. The fraction of sp³-hybridized carbons (Fsp3) is 0.733. The van der Waals surface area contributed by atoms with Gasteiger partial charge in [0.1, 0.15) is 5.69 Å². The third kappa shape index (κ3) is 2.67. The summed E-state index contributed by atoms with van der Waals surface area (Å²) in [6.45, 7) is 0.872.